The van der Waals surface area contributed by atoms with E-state index in [1.54, 1.807) is 23.2 Å². The molecule has 138 valence electrons. The van der Waals surface area contributed by atoms with Gasteiger partial charge in [0.25, 0.3) is 5.91 Å². The summed E-state index contributed by atoms with van der Waals surface area (Å²) in [5.74, 6) is 0.0116. The number of carbonyl (C=O) groups excluding carboxylic acids is 1. The van der Waals surface area contributed by atoms with Gasteiger partial charge in [-0.05, 0) is 25.0 Å². The van der Waals surface area contributed by atoms with Crippen LogP contribution in [0.1, 0.15) is 23.2 Å². The molecule has 25 heavy (non-hydrogen) atoms. The zero-order valence-corrected chi connectivity index (χ0v) is 15.1. The Balaban J connectivity index is 1.75. The topological polar surface area (TPSA) is 89.0 Å². The number of morpholine rings is 1. The molecule has 8 nitrogen and oxygen atoms in total. The largest absolute Gasteiger partial charge is 0.480 e. The van der Waals surface area contributed by atoms with E-state index < -0.39 is 15.3 Å². The van der Waals surface area contributed by atoms with Gasteiger partial charge < -0.3 is 14.4 Å². The van der Waals surface area contributed by atoms with Crippen LogP contribution in [0, 0.1) is 0 Å². The van der Waals surface area contributed by atoms with Crippen LogP contribution in [-0.4, -0.2) is 80.3 Å². The van der Waals surface area contributed by atoms with Gasteiger partial charge in [-0.2, -0.15) is 4.31 Å². The number of amides is 1. The Morgan fingerprint density at radius 1 is 1.32 bits per heavy atom. The number of aromatic nitrogens is 1. The summed E-state index contributed by atoms with van der Waals surface area (Å²) in [5, 5.41) is -0.578. The summed E-state index contributed by atoms with van der Waals surface area (Å²) in [7, 11) is -1.98. The first-order chi connectivity index (χ1) is 12.0. The molecule has 2 aliphatic heterocycles. The van der Waals surface area contributed by atoms with Crippen molar-refractivity contribution in [3.05, 3.63) is 23.9 Å². The van der Waals surface area contributed by atoms with Crippen LogP contribution < -0.4 is 4.74 Å². The molecule has 3 heterocycles. The average Bonchev–Trinajstić information content (AvgIpc) is 2.68. The number of ether oxygens (including phenoxy) is 2. The minimum atomic E-state index is -3.44. The standard InChI is InChI=1S/C16H23N3O5S/c1-23-15-14(5-2-6-17-15)16(20)18-7-3-4-13(12-18)25(21,22)19-8-10-24-11-9-19/h2,5-6,13H,3-4,7-12H2,1H3. The van der Waals surface area contributed by atoms with E-state index in [0.717, 1.165) is 0 Å². The molecule has 1 amide bonds. The van der Waals surface area contributed by atoms with E-state index in [2.05, 4.69) is 4.98 Å². The van der Waals surface area contributed by atoms with Crippen LogP contribution >= 0.6 is 0 Å². The van der Waals surface area contributed by atoms with Crippen molar-refractivity contribution in [3.8, 4) is 5.88 Å². The molecule has 2 saturated heterocycles. The molecule has 9 heteroatoms. The highest BCUT2D eigenvalue weighted by atomic mass is 32.2. The molecule has 0 aromatic carbocycles. The molecule has 1 atom stereocenters. The lowest BCUT2D eigenvalue weighted by molar-refractivity contribution is 0.0683. The number of piperidine rings is 1. The molecule has 0 aliphatic carbocycles. The van der Waals surface area contributed by atoms with Crippen molar-refractivity contribution >= 4 is 15.9 Å². The summed E-state index contributed by atoms with van der Waals surface area (Å²) in [4.78, 5) is 18.4. The van der Waals surface area contributed by atoms with Crippen molar-refractivity contribution in [1.29, 1.82) is 0 Å². The predicted octanol–water partition coefficient (Wildman–Crippen LogP) is 0.357. The minimum absolute atomic E-state index is 0.191. The predicted molar refractivity (Wildman–Crippen MR) is 91.0 cm³/mol. The summed E-state index contributed by atoms with van der Waals surface area (Å²) in [5.41, 5.74) is 0.356. The van der Waals surface area contributed by atoms with Crippen LogP contribution in [0.4, 0.5) is 0 Å². The van der Waals surface area contributed by atoms with E-state index in [9.17, 15) is 13.2 Å². The second-order valence-electron chi connectivity index (χ2n) is 6.13. The highest BCUT2D eigenvalue weighted by Gasteiger charge is 2.37. The zero-order valence-electron chi connectivity index (χ0n) is 14.3. The van der Waals surface area contributed by atoms with Gasteiger partial charge in [0.05, 0.1) is 25.6 Å². The fourth-order valence-corrected chi connectivity index (χ4v) is 5.18. The first-order valence-electron chi connectivity index (χ1n) is 8.39. The van der Waals surface area contributed by atoms with E-state index in [-0.39, 0.29) is 18.3 Å². The van der Waals surface area contributed by atoms with Gasteiger partial charge in [-0.1, -0.05) is 0 Å². The number of pyridine rings is 1. The summed E-state index contributed by atoms with van der Waals surface area (Å²) in [6.45, 7) is 2.32. The molecule has 2 fully saturated rings. The van der Waals surface area contributed by atoms with Gasteiger partial charge in [-0.25, -0.2) is 13.4 Å². The quantitative estimate of drug-likeness (QED) is 0.761. The third-order valence-corrected chi connectivity index (χ3v) is 6.92. The van der Waals surface area contributed by atoms with E-state index in [1.807, 2.05) is 0 Å². The molecule has 1 unspecified atom stereocenters. The van der Waals surface area contributed by atoms with Crippen molar-refractivity contribution in [2.75, 3.05) is 46.5 Å². The molecular weight excluding hydrogens is 346 g/mol. The van der Waals surface area contributed by atoms with Crippen LogP contribution in [0.5, 0.6) is 5.88 Å². The number of nitrogens with zero attached hydrogens (tertiary/aromatic N) is 3. The maximum absolute atomic E-state index is 12.9. The van der Waals surface area contributed by atoms with Crippen molar-refractivity contribution < 1.29 is 22.7 Å². The number of likely N-dealkylation sites (tertiary alicyclic amines) is 1. The lowest BCUT2D eigenvalue weighted by Gasteiger charge is -2.36. The summed E-state index contributed by atoms with van der Waals surface area (Å²) in [6.07, 6.45) is 2.77. The lowest BCUT2D eigenvalue weighted by Crippen LogP contribution is -2.51. The van der Waals surface area contributed by atoms with Crippen LogP contribution in [0.2, 0.25) is 0 Å². The minimum Gasteiger partial charge on any atom is -0.480 e. The molecule has 0 spiro atoms. The second kappa shape index (κ2) is 7.67. The third kappa shape index (κ3) is 3.78. The number of carbonyl (C=O) groups is 1. The molecule has 1 aromatic rings. The van der Waals surface area contributed by atoms with Crippen molar-refractivity contribution in [2.24, 2.45) is 0 Å². The van der Waals surface area contributed by atoms with E-state index >= 15 is 0 Å². The summed E-state index contributed by atoms with van der Waals surface area (Å²) >= 11 is 0. The maximum atomic E-state index is 12.9. The Morgan fingerprint density at radius 3 is 2.80 bits per heavy atom. The Morgan fingerprint density at radius 2 is 2.08 bits per heavy atom. The van der Waals surface area contributed by atoms with Gasteiger partial charge in [0.15, 0.2) is 0 Å². The van der Waals surface area contributed by atoms with Crippen molar-refractivity contribution in [3.63, 3.8) is 0 Å². The zero-order chi connectivity index (χ0) is 17.9. The van der Waals surface area contributed by atoms with Crippen molar-refractivity contribution in [2.45, 2.75) is 18.1 Å². The third-order valence-electron chi connectivity index (χ3n) is 4.61. The van der Waals surface area contributed by atoms with Gasteiger partial charge in [0, 0.05) is 32.4 Å². The van der Waals surface area contributed by atoms with Crippen LogP contribution in [0.15, 0.2) is 18.3 Å². The number of hydrogen-bond donors (Lipinski definition) is 0. The van der Waals surface area contributed by atoms with Crippen LogP contribution in [-0.2, 0) is 14.8 Å². The SMILES string of the molecule is COc1ncccc1C(=O)N1CCCC(S(=O)(=O)N2CCOCC2)C1. The highest BCUT2D eigenvalue weighted by molar-refractivity contribution is 7.89. The molecule has 0 saturated carbocycles. The first-order valence-corrected chi connectivity index (χ1v) is 9.89. The van der Waals surface area contributed by atoms with Gasteiger partial charge >= 0.3 is 0 Å². The van der Waals surface area contributed by atoms with Gasteiger partial charge in [-0.15, -0.1) is 0 Å². The Kier molecular flexibility index (Phi) is 5.55. The van der Waals surface area contributed by atoms with E-state index in [4.69, 9.17) is 9.47 Å². The van der Waals surface area contributed by atoms with E-state index in [0.29, 0.717) is 51.3 Å². The fraction of sp³-hybridized carbons (Fsp3) is 0.625. The summed E-state index contributed by atoms with van der Waals surface area (Å²) < 4.78 is 37.6. The highest BCUT2D eigenvalue weighted by Crippen LogP contribution is 2.24. The molecule has 0 N–H and O–H groups in total. The summed E-state index contributed by atoms with van der Waals surface area (Å²) in [6, 6.07) is 3.32. The molecule has 0 bridgehead atoms. The Hall–Kier alpha value is -1.71. The Labute approximate surface area is 147 Å². The molecule has 1 aromatic heterocycles. The molecular formula is C16H23N3O5S. The van der Waals surface area contributed by atoms with Crippen LogP contribution in [0.25, 0.3) is 0 Å². The second-order valence-corrected chi connectivity index (χ2v) is 8.35. The fourth-order valence-electron chi connectivity index (χ4n) is 3.26. The average molecular weight is 369 g/mol. The van der Waals surface area contributed by atoms with Gasteiger partial charge in [-0.3, -0.25) is 4.79 Å². The van der Waals surface area contributed by atoms with Gasteiger partial charge in [0.1, 0.15) is 5.56 Å². The lowest BCUT2D eigenvalue weighted by atomic mass is 10.1. The number of sulfonamides is 1. The molecule has 0 radical (unpaired) electrons. The van der Waals surface area contributed by atoms with E-state index in [1.165, 1.54) is 11.4 Å². The maximum Gasteiger partial charge on any atom is 0.259 e. The first kappa shape index (κ1) is 18.1. The number of methoxy groups -OCH3 is 1. The monoisotopic (exact) mass is 369 g/mol. The molecule has 3 rings (SSSR count). The normalized spacial score (nSPS) is 22.6. The number of rotatable bonds is 4. The van der Waals surface area contributed by atoms with Crippen LogP contribution in [0.3, 0.4) is 0 Å². The smallest absolute Gasteiger partial charge is 0.259 e. The van der Waals surface area contributed by atoms with Crippen molar-refractivity contribution in [1.82, 2.24) is 14.2 Å². The van der Waals surface area contributed by atoms with Gasteiger partial charge in [0.2, 0.25) is 15.9 Å². The Bertz CT molecular complexity index is 718. The molecule has 2 aliphatic rings. The number of hydrogen-bond acceptors (Lipinski definition) is 6.